The van der Waals surface area contributed by atoms with E-state index in [0.717, 1.165) is 0 Å². The third-order valence-corrected chi connectivity index (χ3v) is 4.58. The smallest absolute Gasteiger partial charge is 0.258 e. The molecule has 3 rings (SSSR count). The largest absolute Gasteiger partial charge is 0.396 e. The molecule has 0 bridgehead atoms. The number of aliphatic hydroxyl groups excluding tert-OH is 1. The van der Waals surface area contributed by atoms with Gasteiger partial charge < -0.3 is 15.7 Å². The Morgan fingerprint density at radius 3 is 2.56 bits per heavy atom. The van der Waals surface area contributed by atoms with Crippen molar-refractivity contribution in [3.05, 3.63) is 52.1 Å². The quantitative estimate of drug-likeness (QED) is 0.743. The number of carbonyl (C=O) groups is 2. The second-order valence-corrected chi connectivity index (χ2v) is 6.57. The van der Waals surface area contributed by atoms with Gasteiger partial charge in [-0.2, -0.15) is 0 Å². The maximum atomic E-state index is 12.4. The molecule has 1 heterocycles. The lowest BCUT2D eigenvalue weighted by Gasteiger charge is -2.10. The van der Waals surface area contributed by atoms with Crippen LogP contribution in [0, 0.1) is 11.8 Å². The van der Waals surface area contributed by atoms with Gasteiger partial charge in [0.05, 0.1) is 15.6 Å². The highest BCUT2D eigenvalue weighted by atomic mass is 35.5. The van der Waals surface area contributed by atoms with E-state index in [4.69, 9.17) is 28.3 Å². The topological polar surface area (TPSA) is 91.3 Å². The molecule has 0 radical (unpaired) electrons. The highest BCUT2D eigenvalue weighted by Gasteiger charge is 2.42. The standard InChI is InChI=1S/C17H15Cl2N3O3/c18-12-2-1-3-13(19)15(12)17(25)21-10-4-5-20-14(7-10)22-16(24)11-6-9(11)8-23/h1-5,7,9,11,23H,6,8H2,(H2,20,21,22,24,25)/t9-,11-/m1/s1. The van der Waals surface area contributed by atoms with Gasteiger partial charge in [-0.3, -0.25) is 9.59 Å². The van der Waals surface area contributed by atoms with Gasteiger partial charge in [0.1, 0.15) is 5.82 Å². The van der Waals surface area contributed by atoms with Crippen LogP contribution < -0.4 is 10.6 Å². The summed E-state index contributed by atoms with van der Waals surface area (Å²) in [5.74, 6) is -0.500. The highest BCUT2D eigenvalue weighted by Crippen LogP contribution is 2.38. The Morgan fingerprint density at radius 2 is 1.92 bits per heavy atom. The lowest BCUT2D eigenvalue weighted by molar-refractivity contribution is -0.117. The Labute approximate surface area is 154 Å². The van der Waals surface area contributed by atoms with Gasteiger partial charge in [-0.1, -0.05) is 29.3 Å². The molecule has 1 aromatic carbocycles. The molecule has 0 spiro atoms. The normalized spacial score (nSPS) is 18.5. The summed E-state index contributed by atoms with van der Waals surface area (Å²) in [4.78, 5) is 28.4. The Kier molecular flexibility index (Phi) is 5.22. The second-order valence-electron chi connectivity index (χ2n) is 5.75. The molecule has 1 fully saturated rings. The number of aromatic nitrogens is 1. The van der Waals surface area contributed by atoms with Gasteiger partial charge >= 0.3 is 0 Å². The number of pyridine rings is 1. The first kappa shape index (κ1) is 17.7. The van der Waals surface area contributed by atoms with E-state index in [2.05, 4.69) is 15.6 Å². The van der Waals surface area contributed by atoms with E-state index in [1.165, 1.54) is 12.3 Å². The molecule has 0 unspecified atom stereocenters. The van der Waals surface area contributed by atoms with E-state index < -0.39 is 5.91 Å². The maximum Gasteiger partial charge on any atom is 0.258 e. The zero-order valence-corrected chi connectivity index (χ0v) is 14.5. The number of aliphatic hydroxyl groups is 1. The van der Waals surface area contributed by atoms with Crippen LogP contribution in [-0.2, 0) is 4.79 Å². The van der Waals surface area contributed by atoms with Crippen molar-refractivity contribution >= 4 is 46.5 Å². The van der Waals surface area contributed by atoms with Crippen molar-refractivity contribution in [2.75, 3.05) is 17.2 Å². The third-order valence-electron chi connectivity index (χ3n) is 3.95. The Bertz CT molecular complexity index is 808. The number of rotatable bonds is 5. The van der Waals surface area contributed by atoms with E-state index in [-0.39, 0.29) is 40.0 Å². The molecule has 2 atom stereocenters. The number of amides is 2. The fraction of sp³-hybridized carbons (Fsp3) is 0.235. The van der Waals surface area contributed by atoms with Crippen molar-refractivity contribution in [2.24, 2.45) is 11.8 Å². The first-order valence-corrected chi connectivity index (χ1v) is 8.38. The zero-order chi connectivity index (χ0) is 18.0. The van der Waals surface area contributed by atoms with E-state index in [1.54, 1.807) is 24.3 Å². The molecule has 1 aromatic heterocycles. The molecular weight excluding hydrogens is 365 g/mol. The maximum absolute atomic E-state index is 12.4. The summed E-state index contributed by atoms with van der Waals surface area (Å²) >= 11 is 12.0. The predicted octanol–water partition coefficient (Wildman–Crippen LogP) is 3.21. The van der Waals surface area contributed by atoms with Crippen LogP contribution in [0.15, 0.2) is 36.5 Å². The lowest BCUT2D eigenvalue weighted by Crippen LogP contribution is -2.17. The van der Waals surface area contributed by atoms with Crippen molar-refractivity contribution in [2.45, 2.75) is 6.42 Å². The third kappa shape index (κ3) is 4.10. The number of anilines is 2. The molecule has 130 valence electrons. The van der Waals surface area contributed by atoms with Gasteiger partial charge in [-0.05, 0) is 30.5 Å². The van der Waals surface area contributed by atoms with Gasteiger partial charge in [0.15, 0.2) is 0 Å². The number of hydrogen-bond donors (Lipinski definition) is 3. The molecule has 6 nitrogen and oxygen atoms in total. The van der Waals surface area contributed by atoms with Crippen molar-refractivity contribution < 1.29 is 14.7 Å². The van der Waals surface area contributed by atoms with E-state index in [0.29, 0.717) is 17.9 Å². The molecule has 25 heavy (non-hydrogen) atoms. The van der Waals surface area contributed by atoms with E-state index >= 15 is 0 Å². The van der Waals surface area contributed by atoms with Crippen LogP contribution in [0.1, 0.15) is 16.8 Å². The monoisotopic (exact) mass is 379 g/mol. The second kappa shape index (κ2) is 7.39. The summed E-state index contributed by atoms with van der Waals surface area (Å²) in [7, 11) is 0. The Balaban J connectivity index is 1.69. The van der Waals surface area contributed by atoms with E-state index in [9.17, 15) is 9.59 Å². The molecule has 1 aliphatic carbocycles. The van der Waals surface area contributed by atoms with E-state index in [1.807, 2.05) is 0 Å². The van der Waals surface area contributed by atoms with Crippen LogP contribution in [0.4, 0.5) is 11.5 Å². The van der Waals surface area contributed by atoms with Crippen molar-refractivity contribution in [3.63, 3.8) is 0 Å². The van der Waals surface area contributed by atoms with Crippen molar-refractivity contribution in [1.82, 2.24) is 4.98 Å². The van der Waals surface area contributed by atoms with Crippen molar-refractivity contribution in [3.8, 4) is 0 Å². The fourth-order valence-corrected chi connectivity index (χ4v) is 3.04. The van der Waals surface area contributed by atoms with Crippen LogP contribution >= 0.6 is 23.2 Å². The summed E-state index contributed by atoms with van der Waals surface area (Å²) in [5.41, 5.74) is 0.623. The average molecular weight is 380 g/mol. The SMILES string of the molecule is O=C(Nc1ccnc(NC(=O)[C@@H]2C[C@@H]2CO)c1)c1c(Cl)cccc1Cl. The van der Waals surface area contributed by atoms with Crippen LogP contribution in [0.25, 0.3) is 0 Å². The Morgan fingerprint density at radius 1 is 1.20 bits per heavy atom. The highest BCUT2D eigenvalue weighted by molar-refractivity contribution is 6.40. The molecule has 0 saturated heterocycles. The molecule has 8 heteroatoms. The first-order chi connectivity index (χ1) is 12.0. The summed E-state index contributed by atoms with van der Waals surface area (Å²) in [6.07, 6.45) is 2.14. The fourth-order valence-electron chi connectivity index (χ4n) is 2.47. The molecule has 1 saturated carbocycles. The summed E-state index contributed by atoms with van der Waals surface area (Å²) in [6.45, 7) is 0.000205. The van der Waals surface area contributed by atoms with Gasteiger partial charge in [-0.15, -0.1) is 0 Å². The molecular formula is C17H15Cl2N3O3. The van der Waals surface area contributed by atoms with Gasteiger partial charge in [0.25, 0.3) is 5.91 Å². The van der Waals surface area contributed by atoms with Crippen LogP contribution in [0.5, 0.6) is 0 Å². The van der Waals surface area contributed by atoms with Gasteiger partial charge in [0, 0.05) is 30.5 Å². The van der Waals surface area contributed by atoms with Crippen molar-refractivity contribution in [1.29, 1.82) is 0 Å². The number of nitrogens with one attached hydrogen (secondary N) is 2. The minimum Gasteiger partial charge on any atom is -0.396 e. The first-order valence-electron chi connectivity index (χ1n) is 7.62. The molecule has 2 amide bonds. The minimum absolute atomic E-state index is 0.000205. The predicted molar refractivity (Wildman–Crippen MR) is 96.0 cm³/mol. The summed E-state index contributed by atoms with van der Waals surface area (Å²) in [6, 6.07) is 7.93. The van der Waals surface area contributed by atoms with Gasteiger partial charge in [0.2, 0.25) is 5.91 Å². The number of hydrogen-bond acceptors (Lipinski definition) is 4. The number of halogens is 2. The molecule has 3 N–H and O–H groups in total. The average Bonchev–Trinajstić information content (AvgIpc) is 3.35. The van der Waals surface area contributed by atoms with Crippen LogP contribution in [-0.4, -0.2) is 28.5 Å². The summed E-state index contributed by atoms with van der Waals surface area (Å²) in [5, 5.41) is 14.9. The number of benzene rings is 1. The molecule has 1 aliphatic rings. The van der Waals surface area contributed by atoms with Gasteiger partial charge in [-0.25, -0.2) is 4.98 Å². The van der Waals surface area contributed by atoms with Crippen LogP contribution in [0.3, 0.4) is 0 Å². The Hall–Kier alpha value is -2.15. The van der Waals surface area contributed by atoms with Crippen LogP contribution in [0.2, 0.25) is 10.0 Å². The number of nitrogens with zero attached hydrogens (tertiary/aromatic N) is 1. The zero-order valence-electron chi connectivity index (χ0n) is 13.0. The molecule has 2 aromatic rings. The lowest BCUT2D eigenvalue weighted by atomic mass is 10.2. The summed E-state index contributed by atoms with van der Waals surface area (Å²) < 4.78 is 0. The minimum atomic E-state index is -0.457. The number of carbonyl (C=O) groups excluding carboxylic acids is 2. The molecule has 0 aliphatic heterocycles.